The van der Waals surface area contributed by atoms with E-state index in [0.29, 0.717) is 32.2 Å². The second kappa shape index (κ2) is 5.44. The molecule has 3 fully saturated rings. The number of likely N-dealkylation sites (tertiary alicyclic amines) is 1. The molecule has 4 rings (SSSR count). The van der Waals surface area contributed by atoms with Crippen LogP contribution in [0.4, 0.5) is 4.39 Å². The molecule has 3 atom stereocenters. The molecule has 5 nitrogen and oxygen atoms in total. The maximum atomic E-state index is 13.6. The van der Waals surface area contributed by atoms with Gasteiger partial charge in [-0.25, -0.2) is 9.37 Å². The normalized spacial score (nSPS) is 31.0. The zero-order valence-electron chi connectivity index (χ0n) is 13.2. The minimum atomic E-state index is -0.450. The zero-order valence-corrected chi connectivity index (χ0v) is 13.2. The van der Waals surface area contributed by atoms with E-state index in [1.807, 2.05) is 4.90 Å². The molecule has 1 amide bonds. The number of carbonyl (C=O) groups excluding carboxylic acids is 1. The lowest BCUT2D eigenvalue weighted by Gasteiger charge is -2.50. The summed E-state index contributed by atoms with van der Waals surface area (Å²) in [7, 11) is 0. The van der Waals surface area contributed by atoms with Crippen molar-refractivity contribution < 1.29 is 18.7 Å². The fourth-order valence-electron chi connectivity index (χ4n) is 3.68. The standard InChI is InChI=1S/C17H21FN2O3/c1-11-7-13(11)16(21)20-9-17(10-20)12(4-6-23-17)8-22-15-14(18)3-2-5-19-15/h2-3,5,11-13H,4,6-10H2,1H3/t11-,12+,13-/m1/s1. The number of hydrogen-bond donors (Lipinski definition) is 0. The van der Waals surface area contributed by atoms with Gasteiger partial charge in [0, 0.05) is 24.6 Å². The van der Waals surface area contributed by atoms with Crippen molar-refractivity contribution in [2.24, 2.45) is 17.8 Å². The first kappa shape index (κ1) is 14.9. The molecule has 0 radical (unpaired) electrons. The number of halogens is 1. The van der Waals surface area contributed by atoms with Gasteiger partial charge in [-0.05, 0) is 30.9 Å². The van der Waals surface area contributed by atoms with Gasteiger partial charge in [0.2, 0.25) is 11.8 Å². The Bertz CT molecular complexity index is 618. The van der Waals surface area contributed by atoms with Crippen LogP contribution in [0.5, 0.6) is 5.88 Å². The van der Waals surface area contributed by atoms with Crippen molar-refractivity contribution in [3.8, 4) is 5.88 Å². The van der Waals surface area contributed by atoms with Crippen LogP contribution >= 0.6 is 0 Å². The number of ether oxygens (including phenoxy) is 2. The van der Waals surface area contributed by atoms with Gasteiger partial charge in [-0.2, -0.15) is 0 Å². The molecule has 0 aromatic carbocycles. The number of carbonyl (C=O) groups is 1. The van der Waals surface area contributed by atoms with Gasteiger partial charge in [-0.15, -0.1) is 0 Å². The third-order valence-electron chi connectivity index (χ3n) is 5.40. The second-order valence-electron chi connectivity index (χ2n) is 7.01. The molecule has 3 heterocycles. The molecule has 1 aliphatic carbocycles. The van der Waals surface area contributed by atoms with Crippen LogP contribution in [0.25, 0.3) is 0 Å². The smallest absolute Gasteiger partial charge is 0.250 e. The van der Waals surface area contributed by atoms with Gasteiger partial charge in [-0.3, -0.25) is 4.79 Å². The summed E-state index contributed by atoms with van der Waals surface area (Å²) in [5, 5.41) is 0. The molecule has 124 valence electrons. The zero-order chi connectivity index (χ0) is 16.0. The fourth-order valence-corrected chi connectivity index (χ4v) is 3.68. The van der Waals surface area contributed by atoms with Crippen molar-refractivity contribution in [2.75, 3.05) is 26.3 Å². The van der Waals surface area contributed by atoms with E-state index >= 15 is 0 Å². The van der Waals surface area contributed by atoms with Gasteiger partial charge in [-0.1, -0.05) is 6.92 Å². The molecule has 1 aromatic rings. The van der Waals surface area contributed by atoms with E-state index in [0.717, 1.165) is 12.8 Å². The number of amides is 1. The van der Waals surface area contributed by atoms with E-state index in [4.69, 9.17) is 9.47 Å². The molecule has 2 saturated heterocycles. The molecule has 1 saturated carbocycles. The van der Waals surface area contributed by atoms with Gasteiger partial charge < -0.3 is 14.4 Å². The van der Waals surface area contributed by atoms with Gasteiger partial charge >= 0.3 is 0 Å². The van der Waals surface area contributed by atoms with E-state index in [9.17, 15) is 9.18 Å². The molecule has 1 spiro atoms. The summed E-state index contributed by atoms with van der Waals surface area (Å²) in [6, 6.07) is 2.88. The first-order valence-corrected chi connectivity index (χ1v) is 8.25. The molecule has 23 heavy (non-hydrogen) atoms. The molecule has 6 heteroatoms. The SMILES string of the molecule is C[C@@H]1C[C@H]1C(=O)N1CC2(C1)OCC[C@H]2COc1ncccc1F. The average Bonchev–Trinajstić information content (AvgIpc) is 3.08. The molecule has 0 unspecified atom stereocenters. The van der Waals surface area contributed by atoms with Crippen LogP contribution in [0, 0.1) is 23.6 Å². The maximum Gasteiger partial charge on any atom is 0.250 e. The average molecular weight is 320 g/mol. The van der Waals surface area contributed by atoms with Crippen LogP contribution < -0.4 is 4.74 Å². The lowest BCUT2D eigenvalue weighted by atomic mass is 9.81. The largest absolute Gasteiger partial charge is 0.475 e. The summed E-state index contributed by atoms with van der Waals surface area (Å²) in [5.74, 6) is 0.752. The van der Waals surface area contributed by atoms with Crippen molar-refractivity contribution in [2.45, 2.75) is 25.4 Å². The summed E-state index contributed by atoms with van der Waals surface area (Å²) in [6.45, 7) is 4.42. The highest BCUT2D eigenvalue weighted by Gasteiger charge is 2.57. The Morgan fingerprint density at radius 3 is 3.04 bits per heavy atom. The van der Waals surface area contributed by atoms with E-state index in [2.05, 4.69) is 11.9 Å². The van der Waals surface area contributed by atoms with E-state index < -0.39 is 5.82 Å². The van der Waals surface area contributed by atoms with Gasteiger partial charge in [0.15, 0.2) is 5.82 Å². The first-order valence-electron chi connectivity index (χ1n) is 8.25. The number of nitrogens with zero attached hydrogens (tertiary/aromatic N) is 2. The van der Waals surface area contributed by atoms with E-state index in [1.54, 1.807) is 0 Å². The highest BCUT2D eigenvalue weighted by atomic mass is 19.1. The van der Waals surface area contributed by atoms with Crippen LogP contribution in [0.2, 0.25) is 0 Å². The van der Waals surface area contributed by atoms with Crippen LogP contribution in [0.15, 0.2) is 18.3 Å². The first-order chi connectivity index (χ1) is 11.1. The van der Waals surface area contributed by atoms with Crippen molar-refractivity contribution in [1.82, 2.24) is 9.88 Å². The van der Waals surface area contributed by atoms with Gasteiger partial charge in [0.05, 0.1) is 19.7 Å². The third kappa shape index (κ3) is 2.59. The van der Waals surface area contributed by atoms with Crippen LogP contribution in [-0.4, -0.2) is 47.7 Å². The van der Waals surface area contributed by atoms with Crippen LogP contribution in [-0.2, 0) is 9.53 Å². The Kier molecular flexibility index (Phi) is 3.52. The summed E-state index contributed by atoms with van der Waals surface area (Å²) in [6.07, 6.45) is 3.39. The molecule has 2 aliphatic heterocycles. The van der Waals surface area contributed by atoms with Crippen molar-refractivity contribution >= 4 is 5.91 Å². The quantitative estimate of drug-likeness (QED) is 0.850. The highest BCUT2D eigenvalue weighted by molar-refractivity contribution is 5.82. The van der Waals surface area contributed by atoms with Crippen molar-refractivity contribution in [1.29, 1.82) is 0 Å². The summed E-state index contributed by atoms with van der Waals surface area (Å²) < 4.78 is 25.1. The monoisotopic (exact) mass is 320 g/mol. The molecule has 3 aliphatic rings. The summed E-state index contributed by atoms with van der Waals surface area (Å²) in [5.41, 5.74) is -0.307. The van der Waals surface area contributed by atoms with E-state index in [1.165, 1.54) is 18.3 Å². The third-order valence-corrected chi connectivity index (χ3v) is 5.40. The number of pyridine rings is 1. The van der Waals surface area contributed by atoms with Crippen LogP contribution in [0.3, 0.4) is 0 Å². The Balaban J connectivity index is 1.35. The summed E-state index contributed by atoms with van der Waals surface area (Å²) in [4.78, 5) is 18.1. The number of rotatable bonds is 4. The Labute approximate surface area is 134 Å². The summed E-state index contributed by atoms with van der Waals surface area (Å²) >= 11 is 0. The lowest BCUT2D eigenvalue weighted by Crippen LogP contribution is -2.67. The molecular weight excluding hydrogens is 299 g/mol. The Hall–Kier alpha value is -1.69. The molecule has 0 bridgehead atoms. The van der Waals surface area contributed by atoms with Crippen molar-refractivity contribution in [3.05, 3.63) is 24.1 Å². The second-order valence-corrected chi connectivity index (χ2v) is 7.01. The van der Waals surface area contributed by atoms with Crippen molar-refractivity contribution in [3.63, 3.8) is 0 Å². The molecular formula is C17H21FN2O3. The fraction of sp³-hybridized carbons (Fsp3) is 0.647. The molecule has 0 N–H and O–H groups in total. The minimum absolute atomic E-state index is 0.0358. The highest BCUT2D eigenvalue weighted by Crippen LogP contribution is 2.45. The van der Waals surface area contributed by atoms with Gasteiger partial charge in [0.25, 0.3) is 0 Å². The minimum Gasteiger partial charge on any atom is -0.475 e. The van der Waals surface area contributed by atoms with Gasteiger partial charge in [0.1, 0.15) is 5.60 Å². The predicted molar refractivity (Wildman–Crippen MR) is 80.3 cm³/mol. The molecule has 1 aromatic heterocycles. The van der Waals surface area contributed by atoms with Crippen LogP contribution in [0.1, 0.15) is 19.8 Å². The number of aromatic nitrogens is 1. The Morgan fingerprint density at radius 1 is 1.57 bits per heavy atom. The lowest BCUT2D eigenvalue weighted by molar-refractivity contribution is -0.168. The van der Waals surface area contributed by atoms with E-state index in [-0.39, 0.29) is 29.2 Å². The predicted octanol–water partition coefficient (Wildman–Crippen LogP) is 1.87. The Morgan fingerprint density at radius 2 is 2.35 bits per heavy atom. The maximum absolute atomic E-state index is 13.6. The topological polar surface area (TPSA) is 51.7 Å². The number of hydrogen-bond acceptors (Lipinski definition) is 4.